The van der Waals surface area contributed by atoms with Crippen LogP contribution in [0.3, 0.4) is 0 Å². The highest BCUT2D eigenvalue weighted by molar-refractivity contribution is 9.10. The van der Waals surface area contributed by atoms with E-state index in [9.17, 15) is 19.7 Å². The van der Waals surface area contributed by atoms with Gasteiger partial charge in [-0.2, -0.15) is 9.78 Å². The number of fused-ring (bicyclic) bond motifs is 1. The zero-order valence-corrected chi connectivity index (χ0v) is 22.2. The number of para-hydroxylation sites is 1. The molecule has 5 rings (SSSR count). The fourth-order valence-corrected chi connectivity index (χ4v) is 4.23. The van der Waals surface area contributed by atoms with Gasteiger partial charge >= 0.3 is 5.97 Å². The smallest absolute Gasteiger partial charge is 0.343 e. The lowest BCUT2D eigenvalue weighted by Gasteiger charge is -2.11. The van der Waals surface area contributed by atoms with Crippen LogP contribution in [0.5, 0.6) is 5.75 Å². The van der Waals surface area contributed by atoms with Gasteiger partial charge in [0, 0.05) is 32.8 Å². The average Bonchev–Trinajstić information content (AvgIpc) is 2.94. The van der Waals surface area contributed by atoms with Crippen molar-refractivity contribution in [1.29, 1.82) is 0 Å². The van der Waals surface area contributed by atoms with Gasteiger partial charge in [0.1, 0.15) is 5.75 Å². The van der Waals surface area contributed by atoms with E-state index in [4.69, 9.17) is 16.3 Å². The normalized spacial score (nSPS) is 11.1. The maximum absolute atomic E-state index is 13.5. The van der Waals surface area contributed by atoms with E-state index < -0.39 is 16.5 Å². The molecule has 0 saturated heterocycles. The van der Waals surface area contributed by atoms with Crippen molar-refractivity contribution in [2.45, 2.75) is 0 Å². The van der Waals surface area contributed by atoms with E-state index in [2.05, 4.69) is 26.0 Å². The number of benzene rings is 4. The molecule has 192 valence electrons. The Morgan fingerprint density at radius 2 is 1.74 bits per heavy atom. The van der Waals surface area contributed by atoms with Gasteiger partial charge in [0.2, 0.25) is 0 Å². The topological polar surface area (TPSA) is 117 Å². The van der Waals surface area contributed by atoms with Crippen LogP contribution in [-0.2, 0) is 0 Å². The number of halogens is 2. The second kappa shape index (κ2) is 11.0. The Kier molecular flexibility index (Phi) is 7.31. The number of nitro benzene ring substituents is 1. The van der Waals surface area contributed by atoms with Gasteiger partial charge in [0.15, 0.2) is 5.82 Å². The molecule has 0 unspecified atom stereocenters. The second-order valence-corrected chi connectivity index (χ2v) is 9.55. The highest BCUT2D eigenvalue weighted by Crippen LogP contribution is 2.25. The van der Waals surface area contributed by atoms with Gasteiger partial charge in [-0.05, 0) is 66.7 Å². The molecule has 0 aliphatic carbocycles. The van der Waals surface area contributed by atoms with Crippen LogP contribution in [-0.4, -0.2) is 26.8 Å². The van der Waals surface area contributed by atoms with Gasteiger partial charge in [-0.3, -0.25) is 14.9 Å². The van der Waals surface area contributed by atoms with E-state index in [-0.39, 0.29) is 17.3 Å². The first-order valence-corrected chi connectivity index (χ1v) is 12.6. The number of ether oxygens (including phenoxy) is 1. The molecule has 0 radical (unpaired) electrons. The van der Waals surface area contributed by atoms with Crippen molar-refractivity contribution in [2.24, 2.45) is 5.10 Å². The summed E-state index contributed by atoms with van der Waals surface area (Å²) in [6.07, 6.45) is 1.38. The number of hydrogen-bond donors (Lipinski definition) is 0. The number of carbonyl (C=O) groups excluding carboxylic acids is 1. The molecule has 0 aliphatic rings. The van der Waals surface area contributed by atoms with Crippen molar-refractivity contribution in [3.63, 3.8) is 0 Å². The summed E-state index contributed by atoms with van der Waals surface area (Å²) in [5, 5.41) is 16.3. The molecule has 0 spiro atoms. The largest absolute Gasteiger partial charge is 0.422 e. The summed E-state index contributed by atoms with van der Waals surface area (Å²) < 4.78 is 7.40. The van der Waals surface area contributed by atoms with Crippen molar-refractivity contribution in [3.8, 4) is 17.1 Å². The van der Waals surface area contributed by atoms with Crippen LogP contribution >= 0.6 is 27.5 Å². The molecule has 0 amide bonds. The number of nitrogens with zero attached hydrogens (tertiary/aromatic N) is 4. The van der Waals surface area contributed by atoms with Crippen LogP contribution in [0.25, 0.3) is 22.3 Å². The molecular weight excluding hydrogens is 588 g/mol. The standard InChI is InChI=1S/C28H16BrClN4O5/c29-20-9-14-25(39-28(36)18-5-10-21(30)11-6-18)19(15-20)16-31-33-26(17-7-12-22(13-8-17)34(37)38)32-24-4-2-1-3-23(24)27(33)35/h1-16H. The van der Waals surface area contributed by atoms with E-state index in [1.54, 1.807) is 66.7 Å². The molecule has 5 aromatic rings. The SMILES string of the molecule is O=C(Oc1ccc(Br)cc1C=Nn1c(-c2ccc([N+](=O)[O-])cc2)nc2ccccc2c1=O)c1ccc(Cl)cc1. The Balaban J connectivity index is 1.59. The van der Waals surface area contributed by atoms with Gasteiger partial charge < -0.3 is 4.74 Å². The van der Waals surface area contributed by atoms with Crippen LogP contribution in [0.2, 0.25) is 5.02 Å². The minimum atomic E-state index is -0.597. The first-order chi connectivity index (χ1) is 18.8. The summed E-state index contributed by atoms with van der Waals surface area (Å²) in [7, 11) is 0. The Morgan fingerprint density at radius 3 is 2.46 bits per heavy atom. The second-order valence-electron chi connectivity index (χ2n) is 8.20. The quantitative estimate of drug-likeness (QED) is 0.0720. The number of carbonyl (C=O) groups is 1. The molecule has 1 aromatic heterocycles. The van der Waals surface area contributed by atoms with Crippen molar-refractivity contribution < 1.29 is 14.5 Å². The number of rotatable bonds is 6. The van der Waals surface area contributed by atoms with Crippen LogP contribution in [0.4, 0.5) is 5.69 Å². The number of esters is 1. The third kappa shape index (κ3) is 5.62. The number of non-ortho nitro benzene ring substituents is 1. The van der Waals surface area contributed by atoms with Crippen molar-refractivity contribution in [1.82, 2.24) is 9.66 Å². The first kappa shape index (κ1) is 26.0. The summed E-state index contributed by atoms with van der Waals surface area (Å²) in [4.78, 5) is 41.4. The van der Waals surface area contributed by atoms with Gasteiger partial charge in [0.25, 0.3) is 11.2 Å². The minimum Gasteiger partial charge on any atom is -0.422 e. The summed E-state index contributed by atoms with van der Waals surface area (Å²) in [6, 6.07) is 23.7. The molecule has 0 N–H and O–H groups in total. The van der Waals surface area contributed by atoms with Gasteiger partial charge in [0.05, 0.1) is 27.6 Å². The Bertz CT molecular complexity index is 1820. The molecule has 0 saturated carbocycles. The zero-order chi connectivity index (χ0) is 27.5. The highest BCUT2D eigenvalue weighted by atomic mass is 79.9. The third-order valence-electron chi connectivity index (χ3n) is 5.66. The first-order valence-electron chi connectivity index (χ1n) is 11.4. The molecule has 4 aromatic carbocycles. The number of nitro groups is 1. The zero-order valence-electron chi connectivity index (χ0n) is 19.8. The molecule has 0 aliphatic heterocycles. The van der Waals surface area contributed by atoms with E-state index >= 15 is 0 Å². The lowest BCUT2D eigenvalue weighted by Crippen LogP contribution is -2.20. The number of aromatic nitrogens is 2. The average molecular weight is 604 g/mol. The Hall–Kier alpha value is -4.67. The fraction of sp³-hybridized carbons (Fsp3) is 0. The van der Waals surface area contributed by atoms with E-state index in [0.717, 1.165) is 4.68 Å². The summed E-state index contributed by atoms with van der Waals surface area (Å²) in [6.45, 7) is 0. The molecule has 39 heavy (non-hydrogen) atoms. The van der Waals surface area contributed by atoms with E-state index in [1.807, 2.05) is 0 Å². The predicted octanol–water partition coefficient (Wildman–Crippen LogP) is 6.49. The molecule has 0 bridgehead atoms. The molecule has 0 atom stereocenters. The minimum absolute atomic E-state index is 0.0989. The molecule has 1 heterocycles. The maximum atomic E-state index is 13.5. The Morgan fingerprint density at radius 1 is 1.03 bits per heavy atom. The number of hydrogen-bond acceptors (Lipinski definition) is 7. The van der Waals surface area contributed by atoms with Crippen molar-refractivity contribution in [2.75, 3.05) is 0 Å². The van der Waals surface area contributed by atoms with Gasteiger partial charge in [-0.1, -0.05) is 39.7 Å². The summed E-state index contributed by atoms with van der Waals surface area (Å²) in [5.41, 5.74) is 1.06. The lowest BCUT2D eigenvalue weighted by molar-refractivity contribution is -0.384. The summed E-state index contributed by atoms with van der Waals surface area (Å²) in [5.74, 6) is -0.208. The van der Waals surface area contributed by atoms with Gasteiger partial charge in [-0.25, -0.2) is 9.78 Å². The van der Waals surface area contributed by atoms with Crippen LogP contribution in [0, 0.1) is 10.1 Å². The predicted molar refractivity (Wildman–Crippen MR) is 152 cm³/mol. The Labute approximate surface area is 234 Å². The van der Waals surface area contributed by atoms with Crippen LogP contribution < -0.4 is 10.3 Å². The van der Waals surface area contributed by atoms with Crippen molar-refractivity contribution in [3.05, 3.63) is 132 Å². The molecule has 9 nitrogen and oxygen atoms in total. The third-order valence-corrected chi connectivity index (χ3v) is 6.40. The van der Waals surface area contributed by atoms with Crippen LogP contribution in [0.15, 0.2) is 105 Å². The monoisotopic (exact) mass is 602 g/mol. The maximum Gasteiger partial charge on any atom is 0.343 e. The lowest BCUT2D eigenvalue weighted by atomic mass is 10.1. The highest BCUT2D eigenvalue weighted by Gasteiger charge is 2.15. The molecule has 0 fully saturated rings. The van der Waals surface area contributed by atoms with Gasteiger partial charge in [-0.15, -0.1) is 0 Å². The fourth-order valence-electron chi connectivity index (χ4n) is 3.73. The van der Waals surface area contributed by atoms with E-state index in [1.165, 1.54) is 30.5 Å². The van der Waals surface area contributed by atoms with Crippen molar-refractivity contribution >= 4 is 56.3 Å². The molecule has 11 heteroatoms. The van der Waals surface area contributed by atoms with Crippen LogP contribution in [0.1, 0.15) is 15.9 Å². The summed E-state index contributed by atoms with van der Waals surface area (Å²) >= 11 is 9.31. The van der Waals surface area contributed by atoms with E-state index in [0.29, 0.717) is 37.1 Å². The molecular formula is C28H16BrClN4O5.